The van der Waals surface area contributed by atoms with E-state index in [0.717, 1.165) is 70.6 Å². The maximum atomic E-state index is 13.5. The van der Waals surface area contributed by atoms with Crippen molar-refractivity contribution in [1.82, 2.24) is 5.32 Å². The Hall–Kier alpha value is -2.55. The van der Waals surface area contributed by atoms with Gasteiger partial charge in [-0.25, -0.2) is 0 Å². The molecule has 0 radical (unpaired) electrons. The van der Waals surface area contributed by atoms with Gasteiger partial charge in [0.15, 0.2) is 0 Å². The van der Waals surface area contributed by atoms with Crippen molar-refractivity contribution in [2.75, 3.05) is 40.9 Å². The van der Waals surface area contributed by atoms with Crippen LogP contribution in [0.25, 0.3) is 0 Å². The lowest BCUT2D eigenvalue weighted by Gasteiger charge is -2.30. The first-order valence-corrected chi connectivity index (χ1v) is 32.7. The number of quaternary nitrogens is 1. The Morgan fingerprint density at radius 3 is 1.28 bits per heavy atom. The molecule has 0 spiro atoms. The van der Waals surface area contributed by atoms with Crippen LogP contribution in [0.2, 0.25) is 0 Å². The fourth-order valence-electron chi connectivity index (χ4n) is 8.86. The SMILES string of the molecule is CC/C=C/C/C=C/C/C=C/C/C=C/C/C=C/CCC(=O)NC(COP(=O)([O-])OCC[N+](C)(C)C)C(/C=C/CCCCCCCCCCCC)OC(=O)CCCCCCCCCCCCCCCCCCCCCCC. The van der Waals surface area contributed by atoms with Gasteiger partial charge in [0.05, 0.1) is 33.8 Å². The molecule has 0 saturated carbocycles. The van der Waals surface area contributed by atoms with E-state index in [2.05, 4.69) is 74.7 Å². The summed E-state index contributed by atoms with van der Waals surface area (Å²) >= 11 is 0. The summed E-state index contributed by atoms with van der Waals surface area (Å²) in [5, 5.41) is 2.98. The van der Waals surface area contributed by atoms with Crippen LogP contribution in [0.4, 0.5) is 0 Å². The molecule has 0 aromatic heterocycles. The number of nitrogens with zero attached hydrogens (tertiary/aromatic N) is 1. The first-order chi connectivity index (χ1) is 36.4. The van der Waals surface area contributed by atoms with E-state index in [1.807, 2.05) is 45.4 Å². The highest BCUT2D eigenvalue weighted by Crippen LogP contribution is 2.38. The molecule has 0 aliphatic heterocycles. The van der Waals surface area contributed by atoms with Gasteiger partial charge in [-0.15, -0.1) is 0 Å². The largest absolute Gasteiger partial charge is 0.756 e. The summed E-state index contributed by atoms with van der Waals surface area (Å²) in [7, 11) is 1.14. The van der Waals surface area contributed by atoms with Crippen LogP contribution in [-0.4, -0.2) is 69.4 Å². The van der Waals surface area contributed by atoms with Gasteiger partial charge in [0.2, 0.25) is 5.91 Å². The number of hydrogen-bond acceptors (Lipinski definition) is 7. The van der Waals surface area contributed by atoms with Crippen molar-refractivity contribution in [1.29, 1.82) is 0 Å². The molecular weight excluding hydrogens is 952 g/mol. The Labute approximate surface area is 463 Å². The third kappa shape index (κ3) is 56.0. The van der Waals surface area contributed by atoms with Crippen molar-refractivity contribution in [2.45, 2.75) is 290 Å². The second-order valence-corrected chi connectivity index (χ2v) is 23.6. The van der Waals surface area contributed by atoms with Gasteiger partial charge >= 0.3 is 5.97 Å². The number of rotatable bonds is 56. The van der Waals surface area contributed by atoms with Gasteiger partial charge in [0.25, 0.3) is 7.82 Å². The fraction of sp³-hybridized carbons (Fsp3) is 0.785. The molecule has 0 aromatic carbocycles. The summed E-state index contributed by atoms with van der Waals surface area (Å²) in [6.45, 7) is 6.69. The zero-order valence-corrected chi connectivity index (χ0v) is 50.6. The number of carbonyl (C=O) groups is 2. The molecular formula is C65H119N2O7P. The molecule has 0 fully saturated rings. The maximum Gasteiger partial charge on any atom is 0.306 e. The number of carbonyl (C=O) groups excluding carboxylic acids is 2. The van der Waals surface area contributed by atoms with Crippen molar-refractivity contribution < 1.29 is 37.3 Å². The van der Waals surface area contributed by atoms with Gasteiger partial charge in [-0.05, 0) is 63.9 Å². The summed E-state index contributed by atoms with van der Waals surface area (Å²) in [6.07, 6.45) is 70.4. The van der Waals surface area contributed by atoms with Gasteiger partial charge in [-0.3, -0.25) is 14.2 Å². The number of phosphoric acid groups is 1. The van der Waals surface area contributed by atoms with E-state index < -0.39 is 26.6 Å². The number of allylic oxidation sites excluding steroid dienone is 11. The predicted molar refractivity (Wildman–Crippen MR) is 321 cm³/mol. The molecule has 0 saturated heterocycles. The Kier molecular flexibility index (Phi) is 52.9. The molecule has 0 bridgehead atoms. The molecule has 0 rings (SSSR count). The normalized spacial score (nSPS) is 14.2. The fourth-order valence-corrected chi connectivity index (χ4v) is 9.59. The number of phosphoric ester groups is 1. The monoisotopic (exact) mass is 1070 g/mol. The maximum absolute atomic E-state index is 13.5. The molecule has 1 amide bonds. The van der Waals surface area contributed by atoms with Gasteiger partial charge in [0, 0.05) is 12.8 Å². The number of amides is 1. The number of unbranched alkanes of at least 4 members (excludes halogenated alkanes) is 30. The molecule has 0 aliphatic rings. The van der Waals surface area contributed by atoms with Crippen LogP contribution in [0.1, 0.15) is 278 Å². The molecule has 10 heteroatoms. The van der Waals surface area contributed by atoms with Gasteiger partial charge in [0.1, 0.15) is 19.3 Å². The molecule has 0 aromatic rings. The van der Waals surface area contributed by atoms with Crippen molar-refractivity contribution in [3.63, 3.8) is 0 Å². The number of hydrogen-bond donors (Lipinski definition) is 1. The number of likely N-dealkylation sites (N-methyl/N-ethyl adjacent to an activating group) is 1. The van der Waals surface area contributed by atoms with Crippen LogP contribution in [-0.2, 0) is 27.9 Å². The van der Waals surface area contributed by atoms with E-state index in [0.29, 0.717) is 17.4 Å². The average molecular weight is 1070 g/mol. The van der Waals surface area contributed by atoms with E-state index in [1.54, 1.807) is 0 Å². The zero-order valence-electron chi connectivity index (χ0n) is 49.7. The summed E-state index contributed by atoms with van der Waals surface area (Å²) in [5.41, 5.74) is 0. The highest BCUT2D eigenvalue weighted by Gasteiger charge is 2.27. The first-order valence-electron chi connectivity index (χ1n) is 31.2. The minimum absolute atomic E-state index is 0.0365. The van der Waals surface area contributed by atoms with Crippen LogP contribution in [0, 0.1) is 0 Å². The Morgan fingerprint density at radius 1 is 0.480 bits per heavy atom. The lowest BCUT2D eigenvalue weighted by atomic mass is 10.0. The van der Waals surface area contributed by atoms with Crippen LogP contribution >= 0.6 is 7.82 Å². The molecule has 75 heavy (non-hydrogen) atoms. The standard InChI is InChI=1S/C65H119N2O7P/c1-7-10-13-16-19-22-25-28-30-32-33-34-35-36-38-40-43-46-49-52-55-58-65(69)74-63(56-53-50-47-44-41-27-24-21-18-15-12-9-3)62(61-73-75(70,71)72-60-59-67(4,5)6)66-64(68)57-54-51-48-45-42-39-37-31-29-26-23-20-17-14-11-8-2/h11,14,20,23,29,31,39,42,48,51,53,56,62-63H,7-10,12-13,15-19,21-22,24-28,30,32-38,40-41,43-47,49-50,52,54-55,57-61H2,1-6H3,(H-,66,68,70,71)/b14-11+,23-20+,31-29+,42-39+,51-48+,56-53+. The second kappa shape index (κ2) is 54.8. The lowest BCUT2D eigenvalue weighted by Crippen LogP contribution is -2.47. The van der Waals surface area contributed by atoms with E-state index in [1.165, 1.54) is 167 Å². The first kappa shape index (κ1) is 72.5. The van der Waals surface area contributed by atoms with E-state index in [-0.39, 0.29) is 31.3 Å². The minimum Gasteiger partial charge on any atom is -0.756 e. The second-order valence-electron chi connectivity index (χ2n) is 22.2. The smallest absolute Gasteiger partial charge is 0.306 e. The molecule has 0 aliphatic carbocycles. The topological polar surface area (TPSA) is 114 Å². The van der Waals surface area contributed by atoms with Crippen molar-refractivity contribution in [3.8, 4) is 0 Å². The minimum atomic E-state index is -4.72. The Balaban J connectivity index is 5.28. The predicted octanol–water partition coefficient (Wildman–Crippen LogP) is 18.6. The van der Waals surface area contributed by atoms with Crippen LogP contribution in [0.5, 0.6) is 0 Å². The third-order valence-corrected chi connectivity index (χ3v) is 14.6. The van der Waals surface area contributed by atoms with E-state index >= 15 is 0 Å². The molecule has 9 nitrogen and oxygen atoms in total. The lowest BCUT2D eigenvalue weighted by molar-refractivity contribution is -0.870. The van der Waals surface area contributed by atoms with E-state index in [4.69, 9.17) is 13.8 Å². The molecule has 0 heterocycles. The van der Waals surface area contributed by atoms with E-state index in [9.17, 15) is 19.0 Å². The number of nitrogens with one attached hydrogen (secondary N) is 1. The van der Waals surface area contributed by atoms with Gasteiger partial charge < -0.3 is 28.5 Å². The molecule has 436 valence electrons. The van der Waals surface area contributed by atoms with Gasteiger partial charge in [-0.2, -0.15) is 0 Å². The Bertz CT molecular complexity index is 1510. The quantitative estimate of drug-likeness (QED) is 0.0212. The summed E-state index contributed by atoms with van der Waals surface area (Å²) in [5.74, 6) is -0.631. The summed E-state index contributed by atoms with van der Waals surface area (Å²) in [6, 6.07) is -0.928. The van der Waals surface area contributed by atoms with Crippen molar-refractivity contribution in [3.05, 3.63) is 72.9 Å². The third-order valence-electron chi connectivity index (χ3n) is 13.7. The Morgan fingerprint density at radius 2 is 0.867 bits per heavy atom. The van der Waals surface area contributed by atoms with Crippen LogP contribution in [0.15, 0.2) is 72.9 Å². The van der Waals surface area contributed by atoms with Gasteiger partial charge in [-0.1, -0.05) is 274 Å². The van der Waals surface area contributed by atoms with Crippen molar-refractivity contribution >= 4 is 19.7 Å². The number of esters is 1. The van der Waals surface area contributed by atoms with Crippen LogP contribution < -0.4 is 10.2 Å². The highest BCUT2D eigenvalue weighted by molar-refractivity contribution is 7.45. The summed E-state index contributed by atoms with van der Waals surface area (Å²) in [4.78, 5) is 39.9. The molecule has 3 unspecified atom stereocenters. The number of ether oxygens (including phenoxy) is 1. The van der Waals surface area contributed by atoms with Crippen LogP contribution in [0.3, 0.4) is 0 Å². The summed E-state index contributed by atoms with van der Waals surface area (Å²) < 4.78 is 30.2. The highest BCUT2D eigenvalue weighted by atomic mass is 31.2. The molecule has 1 N–H and O–H groups in total. The zero-order chi connectivity index (χ0) is 55.0. The average Bonchev–Trinajstić information content (AvgIpc) is 3.37. The van der Waals surface area contributed by atoms with Crippen molar-refractivity contribution in [2.24, 2.45) is 0 Å². The molecule has 3 atom stereocenters.